The smallest absolute Gasteiger partial charge is 0.242 e. The van der Waals surface area contributed by atoms with Crippen LogP contribution in [-0.2, 0) is 9.59 Å². The van der Waals surface area contributed by atoms with E-state index < -0.39 is 6.04 Å². The molecule has 1 unspecified atom stereocenters. The van der Waals surface area contributed by atoms with Crippen LogP contribution < -0.4 is 15.4 Å². The molecule has 0 saturated carbocycles. The lowest BCUT2D eigenvalue weighted by molar-refractivity contribution is -0.126. The standard InChI is InChI=1S/C15H19ClN2O3/c1-2-10(21-13-6-4-3-5-11(13)16)9-17-15(20)12-7-8-14(19)18-12/h3-6,10,12H,2,7-9H2,1H3,(H,17,20)(H,18,19)/t10?,12-/m1/s1. The van der Waals surface area contributed by atoms with E-state index in [1.807, 2.05) is 19.1 Å². The van der Waals surface area contributed by atoms with Gasteiger partial charge in [-0.3, -0.25) is 9.59 Å². The van der Waals surface area contributed by atoms with Gasteiger partial charge in [0.2, 0.25) is 11.8 Å². The lowest BCUT2D eigenvalue weighted by atomic mass is 10.2. The van der Waals surface area contributed by atoms with Crippen molar-refractivity contribution in [1.29, 1.82) is 0 Å². The van der Waals surface area contributed by atoms with Crippen LogP contribution >= 0.6 is 11.6 Å². The van der Waals surface area contributed by atoms with Crippen molar-refractivity contribution in [3.8, 4) is 5.75 Å². The Kier molecular flexibility index (Phi) is 5.44. The summed E-state index contributed by atoms with van der Waals surface area (Å²) in [5.41, 5.74) is 0. The van der Waals surface area contributed by atoms with Crippen LogP contribution in [0.4, 0.5) is 0 Å². The Labute approximate surface area is 129 Å². The summed E-state index contributed by atoms with van der Waals surface area (Å²) in [6.45, 7) is 2.36. The van der Waals surface area contributed by atoms with Gasteiger partial charge in [-0.1, -0.05) is 30.7 Å². The molecule has 2 atom stereocenters. The van der Waals surface area contributed by atoms with E-state index in [-0.39, 0.29) is 17.9 Å². The molecule has 1 saturated heterocycles. The first kappa shape index (κ1) is 15.6. The maximum Gasteiger partial charge on any atom is 0.242 e. The fourth-order valence-corrected chi connectivity index (χ4v) is 2.32. The molecule has 0 radical (unpaired) electrons. The Hall–Kier alpha value is -1.75. The second kappa shape index (κ2) is 7.31. The molecule has 2 amide bonds. The van der Waals surface area contributed by atoms with Crippen molar-refractivity contribution in [1.82, 2.24) is 10.6 Å². The Morgan fingerprint density at radius 3 is 2.90 bits per heavy atom. The molecule has 1 aromatic carbocycles. The SMILES string of the molecule is CCC(CNC(=O)[C@H]1CCC(=O)N1)Oc1ccccc1Cl. The molecule has 1 aliphatic heterocycles. The Morgan fingerprint density at radius 2 is 2.29 bits per heavy atom. The summed E-state index contributed by atoms with van der Waals surface area (Å²) in [4.78, 5) is 23.0. The van der Waals surface area contributed by atoms with E-state index in [4.69, 9.17) is 16.3 Å². The summed E-state index contributed by atoms with van der Waals surface area (Å²) >= 11 is 6.05. The van der Waals surface area contributed by atoms with Gasteiger partial charge in [0.05, 0.1) is 11.6 Å². The van der Waals surface area contributed by atoms with Gasteiger partial charge in [-0.15, -0.1) is 0 Å². The van der Waals surface area contributed by atoms with Crippen molar-refractivity contribution in [3.63, 3.8) is 0 Å². The number of carbonyl (C=O) groups excluding carboxylic acids is 2. The second-order valence-corrected chi connectivity index (χ2v) is 5.39. The summed E-state index contributed by atoms with van der Waals surface area (Å²) < 4.78 is 5.79. The summed E-state index contributed by atoms with van der Waals surface area (Å²) in [5.74, 6) is 0.367. The normalized spacial score (nSPS) is 19.0. The summed E-state index contributed by atoms with van der Waals surface area (Å²) in [5, 5.41) is 6.00. The van der Waals surface area contributed by atoms with Crippen molar-refractivity contribution < 1.29 is 14.3 Å². The molecule has 1 aliphatic rings. The highest BCUT2D eigenvalue weighted by Gasteiger charge is 2.27. The molecule has 0 aromatic heterocycles. The molecule has 21 heavy (non-hydrogen) atoms. The summed E-state index contributed by atoms with van der Waals surface area (Å²) in [7, 11) is 0. The minimum atomic E-state index is -0.421. The van der Waals surface area contributed by atoms with Gasteiger partial charge >= 0.3 is 0 Å². The van der Waals surface area contributed by atoms with Gasteiger partial charge in [-0.05, 0) is 25.0 Å². The topological polar surface area (TPSA) is 67.4 Å². The van der Waals surface area contributed by atoms with Crippen LogP contribution in [0.1, 0.15) is 26.2 Å². The van der Waals surface area contributed by atoms with Crippen LogP contribution in [0.2, 0.25) is 5.02 Å². The Bertz CT molecular complexity index is 521. The van der Waals surface area contributed by atoms with Crippen molar-refractivity contribution in [2.75, 3.05) is 6.54 Å². The molecular weight excluding hydrogens is 292 g/mol. The highest BCUT2D eigenvalue weighted by atomic mass is 35.5. The molecule has 5 nitrogen and oxygen atoms in total. The highest BCUT2D eigenvalue weighted by Crippen LogP contribution is 2.24. The lowest BCUT2D eigenvalue weighted by Crippen LogP contribution is -2.45. The van der Waals surface area contributed by atoms with E-state index >= 15 is 0 Å². The maximum absolute atomic E-state index is 11.9. The molecule has 0 bridgehead atoms. The van der Waals surface area contributed by atoms with Crippen molar-refractivity contribution in [2.24, 2.45) is 0 Å². The maximum atomic E-state index is 11.9. The van der Waals surface area contributed by atoms with E-state index in [9.17, 15) is 9.59 Å². The molecule has 0 aliphatic carbocycles. The number of benzene rings is 1. The first-order chi connectivity index (χ1) is 10.1. The lowest BCUT2D eigenvalue weighted by Gasteiger charge is -2.20. The Balaban J connectivity index is 1.84. The molecule has 1 aromatic rings. The third-order valence-electron chi connectivity index (χ3n) is 3.40. The van der Waals surface area contributed by atoms with Gasteiger partial charge in [0.1, 0.15) is 17.9 Å². The Morgan fingerprint density at radius 1 is 1.52 bits per heavy atom. The van der Waals surface area contributed by atoms with E-state index in [0.717, 1.165) is 6.42 Å². The third kappa shape index (κ3) is 4.36. The third-order valence-corrected chi connectivity index (χ3v) is 3.71. The number of para-hydroxylation sites is 1. The predicted octanol–water partition coefficient (Wildman–Crippen LogP) is 1.89. The molecule has 2 rings (SSSR count). The predicted molar refractivity (Wildman–Crippen MR) is 80.3 cm³/mol. The zero-order valence-electron chi connectivity index (χ0n) is 11.9. The molecular formula is C15H19ClN2O3. The van der Waals surface area contributed by atoms with E-state index in [2.05, 4.69) is 10.6 Å². The van der Waals surface area contributed by atoms with E-state index in [1.165, 1.54) is 0 Å². The summed E-state index contributed by atoms with van der Waals surface area (Å²) in [6.07, 6.45) is 1.53. The van der Waals surface area contributed by atoms with Gasteiger partial charge in [0.25, 0.3) is 0 Å². The summed E-state index contributed by atoms with van der Waals surface area (Å²) in [6, 6.07) is 6.82. The number of hydrogen-bond acceptors (Lipinski definition) is 3. The van der Waals surface area contributed by atoms with Gasteiger partial charge in [0, 0.05) is 6.42 Å². The van der Waals surface area contributed by atoms with Crippen LogP contribution in [0, 0.1) is 0 Å². The minimum absolute atomic E-state index is 0.0745. The number of ether oxygens (including phenoxy) is 1. The zero-order chi connectivity index (χ0) is 15.2. The monoisotopic (exact) mass is 310 g/mol. The van der Waals surface area contributed by atoms with E-state index in [1.54, 1.807) is 12.1 Å². The average Bonchev–Trinajstić information content (AvgIpc) is 2.91. The fourth-order valence-electron chi connectivity index (χ4n) is 2.14. The molecule has 2 N–H and O–H groups in total. The van der Waals surface area contributed by atoms with Crippen LogP contribution in [0.3, 0.4) is 0 Å². The molecule has 1 heterocycles. The second-order valence-electron chi connectivity index (χ2n) is 4.98. The van der Waals surface area contributed by atoms with Crippen LogP contribution in [-0.4, -0.2) is 30.5 Å². The molecule has 0 spiro atoms. The van der Waals surface area contributed by atoms with Gasteiger partial charge < -0.3 is 15.4 Å². The fraction of sp³-hybridized carbons (Fsp3) is 0.467. The van der Waals surface area contributed by atoms with Gasteiger partial charge in [-0.25, -0.2) is 0 Å². The van der Waals surface area contributed by atoms with Crippen molar-refractivity contribution in [2.45, 2.75) is 38.3 Å². The molecule has 114 valence electrons. The van der Waals surface area contributed by atoms with Crippen molar-refractivity contribution in [3.05, 3.63) is 29.3 Å². The van der Waals surface area contributed by atoms with Crippen LogP contribution in [0.5, 0.6) is 5.75 Å². The largest absolute Gasteiger partial charge is 0.487 e. The van der Waals surface area contributed by atoms with Gasteiger partial charge in [-0.2, -0.15) is 0 Å². The van der Waals surface area contributed by atoms with Crippen LogP contribution in [0.25, 0.3) is 0 Å². The number of halogens is 1. The first-order valence-corrected chi connectivity index (χ1v) is 7.46. The number of amides is 2. The number of nitrogens with one attached hydrogen (secondary N) is 2. The number of hydrogen-bond donors (Lipinski definition) is 2. The average molecular weight is 311 g/mol. The first-order valence-electron chi connectivity index (χ1n) is 7.08. The zero-order valence-corrected chi connectivity index (χ0v) is 12.7. The molecule has 1 fully saturated rings. The van der Waals surface area contributed by atoms with Crippen molar-refractivity contribution >= 4 is 23.4 Å². The quantitative estimate of drug-likeness (QED) is 0.843. The molecule has 6 heteroatoms. The highest BCUT2D eigenvalue weighted by molar-refractivity contribution is 6.32. The van der Waals surface area contributed by atoms with E-state index in [0.29, 0.717) is 30.2 Å². The van der Waals surface area contributed by atoms with Crippen LogP contribution in [0.15, 0.2) is 24.3 Å². The number of rotatable bonds is 6. The van der Waals surface area contributed by atoms with Gasteiger partial charge in [0.15, 0.2) is 0 Å². The number of carbonyl (C=O) groups is 2. The minimum Gasteiger partial charge on any atom is -0.487 e.